The number of hydrogen-bond donors (Lipinski definition) is 0. The monoisotopic (exact) mass is 198 g/mol. The van der Waals surface area contributed by atoms with Crippen molar-refractivity contribution in [1.29, 1.82) is 0 Å². The molecule has 3 nitrogen and oxygen atoms in total. The van der Waals surface area contributed by atoms with E-state index in [2.05, 4.69) is 9.97 Å². The molecule has 13 heavy (non-hydrogen) atoms. The van der Waals surface area contributed by atoms with Gasteiger partial charge in [-0.15, -0.1) is 0 Å². The highest BCUT2D eigenvalue weighted by molar-refractivity contribution is 6.28. The maximum Gasteiger partial charge on any atom is 0.223 e. The van der Waals surface area contributed by atoms with Crippen molar-refractivity contribution >= 4 is 17.7 Å². The molecular weight excluding hydrogens is 188 g/mol. The van der Waals surface area contributed by atoms with Crippen LogP contribution in [0.3, 0.4) is 0 Å². The van der Waals surface area contributed by atoms with Crippen molar-refractivity contribution in [3.63, 3.8) is 0 Å². The Labute approximate surface area is 82.4 Å². The Morgan fingerprint density at radius 2 is 2.31 bits per heavy atom. The normalized spacial score (nSPS) is 10.7. The minimum Gasteiger partial charge on any atom is -0.501 e. The van der Waals surface area contributed by atoms with E-state index in [1.165, 1.54) is 0 Å². The van der Waals surface area contributed by atoms with Gasteiger partial charge in [-0.1, -0.05) is 0 Å². The molecule has 0 spiro atoms. The van der Waals surface area contributed by atoms with E-state index in [1.54, 1.807) is 12.3 Å². The van der Waals surface area contributed by atoms with Crippen LogP contribution in [-0.4, -0.2) is 16.6 Å². The molecule has 70 valence electrons. The number of aromatic nitrogens is 2. The second kappa shape index (κ2) is 4.82. The molecule has 0 unspecified atom stereocenters. The van der Waals surface area contributed by atoms with Crippen LogP contribution in [0.2, 0.25) is 5.28 Å². The molecule has 4 heteroatoms. The van der Waals surface area contributed by atoms with Gasteiger partial charge in [-0.2, -0.15) is 0 Å². The van der Waals surface area contributed by atoms with E-state index in [0.29, 0.717) is 6.61 Å². The van der Waals surface area contributed by atoms with Crippen LogP contribution in [-0.2, 0) is 4.74 Å². The van der Waals surface area contributed by atoms with Crippen molar-refractivity contribution in [3.05, 3.63) is 29.0 Å². The summed E-state index contributed by atoms with van der Waals surface area (Å²) in [6.07, 6.45) is 3.35. The van der Waals surface area contributed by atoms with Crippen molar-refractivity contribution in [1.82, 2.24) is 9.97 Å². The van der Waals surface area contributed by atoms with Crippen molar-refractivity contribution in [3.8, 4) is 0 Å². The molecule has 1 heterocycles. The topological polar surface area (TPSA) is 35.0 Å². The number of halogens is 1. The third-order valence-corrected chi connectivity index (χ3v) is 1.52. The summed E-state index contributed by atoms with van der Waals surface area (Å²) in [6, 6.07) is 1.83. The highest BCUT2D eigenvalue weighted by atomic mass is 35.5. The molecule has 0 aromatic carbocycles. The van der Waals surface area contributed by atoms with E-state index >= 15 is 0 Å². The fourth-order valence-corrected chi connectivity index (χ4v) is 1.09. The van der Waals surface area contributed by atoms with Crippen LogP contribution in [0, 0.1) is 6.92 Å². The number of rotatable bonds is 3. The molecule has 0 aliphatic rings. The molecule has 1 rings (SSSR count). The predicted octanol–water partition coefficient (Wildman–Crippen LogP) is 2.45. The fraction of sp³-hybridized carbons (Fsp3) is 0.333. The summed E-state index contributed by atoms with van der Waals surface area (Å²) < 4.78 is 5.03. The molecule has 1 aromatic rings. The Kier molecular flexibility index (Phi) is 3.71. The van der Waals surface area contributed by atoms with Crippen LogP contribution < -0.4 is 0 Å². The third kappa shape index (κ3) is 3.42. The molecule has 0 radical (unpaired) electrons. The van der Waals surface area contributed by atoms with Crippen LogP contribution in [0.15, 0.2) is 12.3 Å². The maximum absolute atomic E-state index is 5.67. The largest absolute Gasteiger partial charge is 0.501 e. The Hall–Kier alpha value is -1.09. The molecule has 0 saturated heterocycles. The average molecular weight is 199 g/mol. The zero-order valence-corrected chi connectivity index (χ0v) is 8.38. The van der Waals surface area contributed by atoms with E-state index in [-0.39, 0.29) is 5.28 Å². The first-order chi connectivity index (χ1) is 6.22. The first-order valence-corrected chi connectivity index (χ1v) is 4.39. The number of hydrogen-bond acceptors (Lipinski definition) is 3. The van der Waals surface area contributed by atoms with Gasteiger partial charge >= 0.3 is 0 Å². The smallest absolute Gasteiger partial charge is 0.223 e. The summed E-state index contributed by atoms with van der Waals surface area (Å²) in [5.41, 5.74) is 1.60. The molecular formula is C9H11ClN2O. The summed E-state index contributed by atoms with van der Waals surface area (Å²) in [7, 11) is 0. The lowest BCUT2D eigenvalue weighted by atomic mass is 10.3. The van der Waals surface area contributed by atoms with Crippen molar-refractivity contribution < 1.29 is 4.74 Å². The van der Waals surface area contributed by atoms with Gasteiger partial charge in [0.05, 0.1) is 18.6 Å². The average Bonchev–Trinajstić information content (AvgIpc) is 2.03. The highest BCUT2D eigenvalue weighted by Crippen LogP contribution is 2.06. The Bertz CT molecular complexity index is 292. The quantitative estimate of drug-likeness (QED) is 0.553. The zero-order chi connectivity index (χ0) is 9.68. The molecule has 0 amide bonds. The number of aryl methyl sites for hydroxylation is 1. The minimum absolute atomic E-state index is 0.260. The first kappa shape index (κ1) is 9.99. The summed E-state index contributed by atoms with van der Waals surface area (Å²) in [4.78, 5) is 7.94. The highest BCUT2D eigenvalue weighted by Gasteiger charge is 1.95. The number of ether oxygens (including phenoxy) is 1. The summed E-state index contributed by atoms with van der Waals surface area (Å²) in [6.45, 7) is 4.43. The molecule has 0 aliphatic carbocycles. The Morgan fingerprint density at radius 3 is 2.92 bits per heavy atom. The van der Waals surface area contributed by atoms with Gasteiger partial charge in [0.15, 0.2) is 0 Å². The van der Waals surface area contributed by atoms with Gasteiger partial charge in [-0.05, 0) is 37.6 Å². The van der Waals surface area contributed by atoms with Gasteiger partial charge in [0, 0.05) is 5.69 Å². The van der Waals surface area contributed by atoms with Gasteiger partial charge in [-0.3, -0.25) is 0 Å². The lowest BCUT2D eigenvalue weighted by Crippen LogP contribution is -1.89. The van der Waals surface area contributed by atoms with Gasteiger partial charge in [0.25, 0.3) is 0 Å². The summed E-state index contributed by atoms with van der Waals surface area (Å²) in [5, 5.41) is 0.260. The van der Waals surface area contributed by atoms with Crippen molar-refractivity contribution in [2.75, 3.05) is 6.61 Å². The maximum atomic E-state index is 5.67. The van der Waals surface area contributed by atoms with E-state index < -0.39 is 0 Å². The second-order valence-corrected chi connectivity index (χ2v) is 2.80. The Morgan fingerprint density at radius 1 is 1.54 bits per heavy atom. The lowest BCUT2D eigenvalue weighted by Gasteiger charge is -1.96. The molecule has 0 N–H and O–H groups in total. The predicted molar refractivity (Wildman–Crippen MR) is 52.4 cm³/mol. The van der Waals surface area contributed by atoms with E-state index in [4.69, 9.17) is 16.3 Å². The zero-order valence-electron chi connectivity index (χ0n) is 7.62. The fourth-order valence-electron chi connectivity index (χ4n) is 0.855. The van der Waals surface area contributed by atoms with E-state index in [9.17, 15) is 0 Å². The minimum atomic E-state index is 0.260. The second-order valence-electron chi connectivity index (χ2n) is 2.46. The standard InChI is InChI=1S/C9H11ClN2O/c1-3-13-5-4-8-6-7(2)11-9(10)12-8/h4-6H,3H2,1-2H3. The van der Waals surface area contributed by atoms with Crippen molar-refractivity contribution in [2.45, 2.75) is 13.8 Å². The van der Waals surface area contributed by atoms with Crippen LogP contribution in [0.25, 0.3) is 6.08 Å². The number of nitrogens with zero attached hydrogens (tertiary/aromatic N) is 2. The van der Waals surface area contributed by atoms with Gasteiger partial charge in [0.1, 0.15) is 0 Å². The van der Waals surface area contributed by atoms with Crippen LogP contribution in [0.1, 0.15) is 18.3 Å². The molecule has 1 aromatic heterocycles. The van der Waals surface area contributed by atoms with Gasteiger partial charge in [-0.25, -0.2) is 9.97 Å². The van der Waals surface area contributed by atoms with E-state index in [1.807, 2.05) is 19.9 Å². The summed E-state index contributed by atoms with van der Waals surface area (Å²) in [5.74, 6) is 0. The molecule has 0 atom stereocenters. The molecule has 0 aliphatic heterocycles. The molecule has 0 fully saturated rings. The Balaban J connectivity index is 2.77. The SMILES string of the molecule is CCOC=Cc1cc(C)nc(Cl)n1. The summed E-state index contributed by atoms with van der Waals surface area (Å²) >= 11 is 5.67. The molecule has 0 saturated carbocycles. The van der Waals surface area contributed by atoms with Gasteiger partial charge in [0.2, 0.25) is 5.28 Å². The van der Waals surface area contributed by atoms with Crippen molar-refractivity contribution in [2.24, 2.45) is 0 Å². The van der Waals surface area contributed by atoms with Crippen LogP contribution in [0.5, 0.6) is 0 Å². The van der Waals surface area contributed by atoms with Crippen LogP contribution in [0.4, 0.5) is 0 Å². The third-order valence-electron chi connectivity index (χ3n) is 1.35. The van der Waals surface area contributed by atoms with Gasteiger partial charge < -0.3 is 4.74 Å². The first-order valence-electron chi connectivity index (χ1n) is 4.01. The van der Waals surface area contributed by atoms with E-state index in [0.717, 1.165) is 11.4 Å². The lowest BCUT2D eigenvalue weighted by molar-refractivity contribution is 0.272. The van der Waals surface area contributed by atoms with Crippen LogP contribution >= 0.6 is 11.6 Å². The molecule has 0 bridgehead atoms.